The number of aromatic nitrogens is 3. The molecule has 2 N–H and O–H groups in total. The predicted octanol–water partition coefficient (Wildman–Crippen LogP) is 4.44. The number of benzene rings is 2. The summed E-state index contributed by atoms with van der Waals surface area (Å²) in [6.45, 7) is -1.69. The molecule has 0 saturated heterocycles. The average Bonchev–Trinajstić information content (AvgIpc) is 2.81. The van der Waals surface area contributed by atoms with E-state index in [1.165, 1.54) is 44.4 Å². The van der Waals surface area contributed by atoms with Crippen molar-refractivity contribution in [1.82, 2.24) is 19.3 Å². The van der Waals surface area contributed by atoms with Gasteiger partial charge in [0.2, 0.25) is 21.9 Å². The second-order valence-corrected chi connectivity index (χ2v) is 9.81. The Balaban J connectivity index is 1.82. The summed E-state index contributed by atoms with van der Waals surface area (Å²) in [6, 6.07) is 9.07. The number of anilines is 3. The number of rotatable bonds is 9. The van der Waals surface area contributed by atoms with Crippen LogP contribution in [0.4, 0.5) is 43.9 Å². The van der Waals surface area contributed by atoms with Crippen LogP contribution in [-0.2, 0) is 22.7 Å². The van der Waals surface area contributed by atoms with E-state index in [2.05, 4.69) is 30.3 Å². The van der Waals surface area contributed by atoms with Crippen molar-refractivity contribution in [2.45, 2.75) is 23.8 Å². The van der Waals surface area contributed by atoms with Crippen molar-refractivity contribution in [3.05, 3.63) is 59.7 Å². The molecule has 0 saturated carbocycles. The lowest BCUT2D eigenvalue weighted by Gasteiger charge is -2.13. The Labute approximate surface area is 207 Å². The van der Waals surface area contributed by atoms with Crippen molar-refractivity contribution in [3.8, 4) is 6.01 Å². The van der Waals surface area contributed by atoms with E-state index in [9.17, 15) is 34.8 Å². The minimum atomic E-state index is -4.69. The van der Waals surface area contributed by atoms with Crippen LogP contribution < -0.4 is 15.4 Å². The molecule has 200 valence electrons. The maximum absolute atomic E-state index is 13.0. The quantitative estimate of drug-likeness (QED) is 0.377. The Bertz CT molecular complexity index is 1330. The monoisotopic (exact) mass is 550 g/mol. The minimum absolute atomic E-state index is 0.0218. The molecule has 9 nitrogen and oxygen atoms in total. The first kappa shape index (κ1) is 27.9. The summed E-state index contributed by atoms with van der Waals surface area (Å²) < 4.78 is 107. The first-order valence-electron chi connectivity index (χ1n) is 10.3. The zero-order valence-corrected chi connectivity index (χ0v) is 20.0. The number of alkyl halides is 6. The lowest BCUT2D eigenvalue weighted by Crippen LogP contribution is -2.22. The summed E-state index contributed by atoms with van der Waals surface area (Å²) in [5.41, 5.74) is -0.465. The first-order chi connectivity index (χ1) is 17.1. The summed E-state index contributed by atoms with van der Waals surface area (Å²) >= 11 is 0. The van der Waals surface area contributed by atoms with Gasteiger partial charge in [0.1, 0.15) is 0 Å². The van der Waals surface area contributed by atoms with E-state index in [1.54, 1.807) is 0 Å². The fraction of sp³-hybridized carbons (Fsp3) is 0.286. The number of sulfonamides is 1. The summed E-state index contributed by atoms with van der Waals surface area (Å²) in [7, 11) is -0.872. The number of halogens is 6. The van der Waals surface area contributed by atoms with Gasteiger partial charge in [0.25, 0.3) is 0 Å². The Morgan fingerprint density at radius 1 is 0.919 bits per heavy atom. The molecule has 0 bridgehead atoms. The van der Waals surface area contributed by atoms with Crippen LogP contribution in [0, 0.1) is 0 Å². The largest absolute Gasteiger partial charge is 0.454 e. The van der Waals surface area contributed by atoms with Crippen LogP contribution in [0.1, 0.15) is 11.1 Å². The third-order valence-corrected chi connectivity index (χ3v) is 6.41. The van der Waals surface area contributed by atoms with Gasteiger partial charge >= 0.3 is 18.4 Å². The van der Waals surface area contributed by atoms with E-state index in [1.807, 2.05) is 0 Å². The Morgan fingerprint density at radius 3 is 2.16 bits per heavy atom. The molecular weight excluding hydrogens is 530 g/mol. The van der Waals surface area contributed by atoms with Crippen LogP contribution >= 0.6 is 0 Å². The highest BCUT2D eigenvalue weighted by Crippen LogP contribution is 2.31. The highest BCUT2D eigenvalue weighted by molar-refractivity contribution is 7.89. The van der Waals surface area contributed by atoms with Gasteiger partial charge in [-0.15, -0.1) is 0 Å². The van der Waals surface area contributed by atoms with Crippen LogP contribution in [0.25, 0.3) is 0 Å². The molecule has 3 rings (SSSR count). The van der Waals surface area contributed by atoms with Crippen LogP contribution in [0.2, 0.25) is 0 Å². The normalized spacial score (nSPS) is 12.5. The SMILES string of the molecule is CN(C)S(=O)(=O)c1ccc(CNc2nc(Nc3cccc(C(F)(F)F)c3)nc(OCC(F)(F)F)n2)cc1. The van der Waals surface area contributed by atoms with E-state index in [-0.39, 0.29) is 29.0 Å². The molecule has 1 heterocycles. The van der Waals surface area contributed by atoms with Gasteiger partial charge in [-0.25, -0.2) is 12.7 Å². The molecule has 3 aromatic rings. The van der Waals surface area contributed by atoms with Crippen molar-refractivity contribution in [1.29, 1.82) is 0 Å². The van der Waals surface area contributed by atoms with Crippen LogP contribution in [-0.4, -0.2) is 54.6 Å². The van der Waals surface area contributed by atoms with Crippen molar-refractivity contribution >= 4 is 27.6 Å². The Kier molecular flexibility index (Phi) is 8.12. The van der Waals surface area contributed by atoms with Crippen LogP contribution in [0.3, 0.4) is 0 Å². The molecule has 1 aromatic heterocycles. The lowest BCUT2D eigenvalue weighted by atomic mass is 10.2. The van der Waals surface area contributed by atoms with Gasteiger partial charge in [0.05, 0.1) is 10.5 Å². The minimum Gasteiger partial charge on any atom is -0.454 e. The fourth-order valence-corrected chi connectivity index (χ4v) is 3.68. The maximum atomic E-state index is 13.0. The van der Waals surface area contributed by atoms with Gasteiger partial charge in [0, 0.05) is 26.3 Å². The van der Waals surface area contributed by atoms with Crippen molar-refractivity contribution in [2.75, 3.05) is 31.3 Å². The number of hydrogen-bond acceptors (Lipinski definition) is 8. The molecule has 0 amide bonds. The van der Waals surface area contributed by atoms with Gasteiger partial charge in [0.15, 0.2) is 6.61 Å². The predicted molar refractivity (Wildman–Crippen MR) is 121 cm³/mol. The number of nitrogens with zero attached hydrogens (tertiary/aromatic N) is 4. The zero-order valence-electron chi connectivity index (χ0n) is 19.2. The Morgan fingerprint density at radius 2 is 1.57 bits per heavy atom. The third kappa shape index (κ3) is 7.91. The van der Waals surface area contributed by atoms with E-state index in [0.717, 1.165) is 22.5 Å². The molecule has 2 aromatic carbocycles. The van der Waals surface area contributed by atoms with E-state index in [0.29, 0.717) is 5.56 Å². The summed E-state index contributed by atoms with van der Waals surface area (Å²) in [5, 5.41) is 5.23. The molecule has 0 aliphatic heterocycles. The zero-order chi connectivity index (χ0) is 27.4. The molecule has 0 spiro atoms. The average molecular weight is 550 g/mol. The van der Waals surface area contributed by atoms with Crippen LogP contribution in [0.5, 0.6) is 6.01 Å². The topological polar surface area (TPSA) is 109 Å². The van der Waals surface area contributed by atoms with E-state index < -0.39 is 40.6 Å². The molecule has 0 aliphatic carbocycles. The molecule has 0 fully saturated rings. The van der Waals surface area contributed by atoms with E-state index >= 15 is 0 Å². The van der Waals surface area contributed by atoms with Crippen molar-refractivity contribution in [2.24, 2.45) is 0 Å². The molecule has 0 radical (unpaired) electrons. The van der Waals surface area contributed by atoms with Gasteiger partial charge in [-0.3, -0.25) is 0 Å². The molecule has 0 atom stereocenters. The fourth-order valence-electron chi connectivity index (χ4n) is 2.78. The molecule has 0 unspecified atom stereocenters. The van der Waals surface area contributed by atoms with Gasteiger partial charge in [-0.2, -0.15) is 41.3 Å². The van der Waals surface area contributed by atoms with Crippen molar-refractivity contribution < 1.29 is 39.5 Å². The number of hydrogen-bond donors (Lipinski definition) is 2. The molecular formula is C21H20F6N6O3S. The van der Waals surface area contributed by atoms with Crippen LogP contribution in [0.15, 0.2) is 53.4 Å². The maximum Gasteiger partial charge on any atom is 0.422 e. The van der Waals surface area contributed by atoms with Gasteiger partial charge < -0.3 is 15.4 Å². The molecule has 37 heavy (non-hydrogen) atoms. The molecule has 16 heteroatoms. The Hall–Kier alpha value is -3.66. The molecule has 0 aliphatic rings. The second kappa shape index (κ2) is 10.8. The summed E-state index contributed by atoms with van der Waals surface area (Å²) in [6.07, 6.45) is -9.31. The second-order valence-electron chi connectivity index (χ2n) is 7.66. The number of ether oxygens (including phenoxy) is 1. The van der Waals surface area contributed by atoms with Gasteiger partial charge in [-0.1, -0.05) is 18.2 Å². The standard InChI is InChI=1S/C21H20F6N6O3S/c1-33(2)37(34,35)16-8-6-13(7-9-16)11-28-17-30-18(32-19(31-17)36-12-20(22,23)24)29-15-5-3-4-14(10-15)21(25,26)27/h3-10H,11-12H2,1-2H3,(H2,28,29,30,31,32). The van der Waals surface area contributed by atoms with E-state index in [4.69, 9.17) is 0 Å². The first-order valence-corrected chi connectivity index (χ1v) is 11.7. The summed E-state index contributed by atoms with van der Waals surface area (Å²) in [4.78, 5) is 11.5. The third-order valence-electron chi connectivity index (χ3n) is 4.58. The van der Waals surface area contributed by atoms with Gasteiger partial charge in [-0.05, 0) is 35.9 Å². The lowest BCUT2D eigenvalue weighted by molar-refractivity contribution is -0.154. The highest BCUT2D eigenvalue weighted by Gasteiger charge is 2.31. The van der Waals surface area contributed by atoms with Crippen molar-refractivity contribution in [3.63, 3.8) is 0 Å². The smallest absolute Gasteiger partial charge is 0.422 e. The highest BCUT2D eigenvalue weighted by atomic mass is 32.2. The number of nitrogens with one attached hydrogen (secondary N) is 2. The summed E-state index contributed by atoms with van der Waals surface area (Å²) in [5.74, 6) is -0.618.